The fraction of sp³-hybridized carbons (Fsp3) is 0.188. The summed E-state index contributed by atoms with van der Waals surface area (Å²) in [6.07, 6.45) is 1.19. The third kappa shape index (κ3) is 4.13. The second-order valence-electron chi connectivity index (χ2n) is 5.37. The highest BCUT2D eigenvalue weighted by atomic mass is 32.2. The number of hydrogen-bond donors (Lipinski definition) is 2. The van der Waals surface area contributed by atoms with E-state index in [0.717, 1.165) is 5.69 Å². The molecule has 3 aromatic rings. The molecule has 0 radical (unpaired) electrons. The molecule has 0 amide bonds. The van der Waals surface area contributed by atoms with Crippen LogP contribution in [0.2, 0.25) is 0 Å². The number of benzene rings is 2. The lowest BCUT2D eigenvalue weighted by atomic mass is 10.3. The number of nitrogens with zero attached hydrogens (tertiary/aromatic N) is 4. The number of nitrogens with one attached hydrogen (secondary N) is 2. The molecule has 130 valence electrons. The smallest absolute Gasteiger partial charge is 0.247 e. The van der Waals surface area contributed by atoms with E-state index in [9.17, 15) is 8.42 Å². The first-order valence-electron chi connectivity index (χ1n) is 7.66. The SMILES string of the molecule is CS(=O)(=O)c1ccccc1NCCNc1nnnn1-c1ccccc1. The third-order valence-electron chi connectivity index (χ3n) is 3.48. The summed E-state index contributed by atoms with van der Waals surface area (Å²) < 4.78 is 25.2. The van der Waals surface area contributed by atoms with Crippen molar-refractivity contribution in [3.8, 4) is 5.69 Å². The molecule has 25 heavy (non-hydrogen) atoms. The molecule has 0 aliphatic rings. The number of aromatic nitrogens is 4. The van der Waals surface area contributed by atoms with Crippen LogP contribution in [0, 0.1) is 0 Å². The van der Waals surface area contributed by atoms with E-state index in [1.165, 1.54) is 6.26 Å². The minimum Gasteiger partial charge on any atom is -0.382 e. The van der Waals surface area contributed by atoms with Crippen LogP contribution < -0.4 is 10.6 Å². The van der Waals surface area contributed by atoms with Crippen LogP contribution in [0.1, 0.15) is 0 Å². The summed E-state index contributed by atoms with van der Waals surface area (Å²) >= 11 is 0. The number of para-hydroxylation sites is 2. The maximum absolute atomic E-state index is 11.8. The fourth-order valence-corrected chi connectivity index (χ4v) is 3.21. The summed E-state index contributed by atoms with van der Waals surface area (Å²) in [5, 5.41) is 17.9. The van der Waals surface area contributed by atoms with E-state index < -0.39 is 9.84 Å². The van der Waals surface area contributed by atoms with E-state index in [-0.39, 0.29) is 4.90 Å². The summed E-state index contributed by atoms with van der Waals surface area (Å²) in [4.78, 5) is 0.282. The molecule has 0 saturated carbocycles. The maximum Gasteiger partial charge on any atom is 0.247 e. The van der Waals surface area contributed by atoms with Crippen LogP contribution in [0.3, 0.4) is 0 Å². The van der Waals surface area contributed by atoms with Gasteiger partial charge in [-0.1, -0.05) is 35.4 Å². The molecule has 2 N–H and O–H groups in total. The summed E-state index contributed by atoms with van der Waals surface area (Å²) in [5.41, 5.74) is 1.43. The molecule has 0 fully saturated rings. The summed E-state index contributed by atoms with van der Waals surface area (Å²) in [6, 6.07) is 16.4. The average molecular weight is 358 g/mol. The predicted octanol–water partition coefficient (Wildman–Crippen LogP) is 1.59. The largest absolute Gasteiger partial charge is 0.382 e. The lowest BCUT2D eigenvalue weighted by Crippen LogP contribution is -2.17. The Bertz CT molecular complexity index is 940. The molecule has 2 aromatic carbocycles. The van der Waals surface area contributed by atoms with Crippen LogP contribution in [0.5, 0.6) is 0 Å². The van der Waals surface area contributed by atoms with Crippen molar-refractivity contribution in [3.05, 3.63) is 54.6 Å². The molecule has 0 saturated heterocycles. The first-order chi connectivity index (χ1) is 12.1. The summed E-state index contributed by atoms with van der Waals surface area (Å²) in [6.45, 7) is 1.03. The maximum atomic E-state index is 11.8. The van der Waals surface area contributed by atoms with Gasteiger partial charge in [0.1, 0.15) is 0 Å². The number of tetrazole rings is 1. The Morgan fingerprint density at radius 3 is 2.40 bits per heavy atom. The number of anilines is 2. The normalized spacial score (nSPS) is 11.2. The number of hydrogen-bond acceptors (Lipinski definition) is 7. The molecule has 1 aromatic heterocycles. The zero-order valence-corrected chi connectivity index (χ0v) is 14.4. The summed E-state index contributed by atoms with van der Waals surface area (Å²) in [5.74, 6) is 0.518. The highest BCUT2D eigenvalue weighted by Gasteiger charge is 2.12. The van der Waals surface area contributed by atoms with E-state index in [2.05, 4.69) is 26.2 Å². The van der Waals surface area contributed by atoms with E-state index in [1.54, 1.807) is 28.9 Å². The van der Waals surface area contributed by atoms with Crippen LogP contribution in [0.4, 0.5) is 11.6 Å². The minimum atomic E-state index is -3.28. The zero-order chi connectivity index (χ0) is 17.7. The molecule has 9 heteroatoms. The Balaban J connectivity index is 1.62. The van der Waals surface area contributed by atoms with Crippen LogP contribution in [0.25, 0.3) is 5.69 Å². The van der Waals surface area contributed by atoms with E-state index in [0.29, 0.717) is 24.7 Å². The second-order valence-corrected chi connectivity index (χ2v) is 7.36. The molecule has 8 nitrogen and oxygen atoms in total. The van der Waals surface area contributed by atoms with Crippen molar-refractivity contribution in [2.45, 2.75) is 4.90 Å². The molecular weight excluding hydrogens is 340 g/mol. The summed E-state index contributed by atoms with van der Waals surface area (Å²) in [7, 11) is -3.28. The van der Waals surface area contributed by atoms with Crippen molar-refractivity contribution in [2.75, 3.05) is 30.0 Å². The molecule has 0 aliphatic heterocycles. The minimum absolute atomic E-state index is 0.282. The highest BCUT2D eigenvalue weighted by Crippen LogP contribution is 2.20. The fourth-order valence-electron chi connectivity index (χ4n) is 2.35. The quantitative estimate of drug-likeness (QED) is 0.618. The molecule has 1 heterocycles. The van der Waals surface area contributed by atoms with Crippen LogP contribution in [0.15, 0.2) is 59.5 Å². The van der Waals surface area contributed by atoms with Gasteiger partial charge in [0.2, 0.25) is 5.95 Å². The Morgan fingerprint density at radius 2 is 1.64 bits per heavy atom. The lowest BCUT2D eigenvalue weighted by Gasteiger charge is -2.11. The van der Waals surface area contributed by atoms with Gasteiger partial charge in [0.15, 0.2) is 9.84 Å². The standard InChI is InChI=1S/C16H18N6O2S/c1-25(23,24)15-10-6-5-9-14(15)17-11-12-18-16-19-20-21-22(16)13-7-3-2-4-8-13/h2-10,17H,11-12H2,1H3,(H,18,19,21). The number of rotatable bonds is 7. The Hall–Kier alpha value is -2.94. The van der Waals surface area contributed by atoms with Gasteiger partial charge in [0.05, 0.1) is 16.3 Å². The van der Waals surface area contributed by atoms with Crippen molar-refractivity contribution in [1.82, 2.24) is 20.2 Å². The van der Waals surface area contributed by atoms with Gasteiger partial charge >= 0.3 is 0 Å². The van der Waals surface area contributed by atoms with Gasteiger partial charge in [0.25, 0.3) is 0 Å². The number of sulfone groups is 1. The van der Waals surface area contributed by atoms with Crippen LogP contribution in [-0.2, 0) is 9.84 Å². The third-order valence-corrected chi connectivity index (χ3v) is 4.64. The Labute approximate surface area is 145 Å². The predicted molar refractivity (Wildman–Crippen MR) is 95.7 cm³/mol. The molecule has 0 aliphatic carbocycles. The first kappa shape index (κ1) is 16.9. The average Bonchev–Trinajstić information content (AvgIpc) is 3.07. The highest BCUT2D eigenvalue weighted by molar-refractivity contribution is 7.90. The van der Waals surface area contributed by atoms with Gasteiger partial charge in [-0.15, -0.1) is 0 Å². The topological polar surface area (TPSA) is 102 Å². The van der Waals surface area contributed by atoms with Gasteiger partial charge < -0.3 is 10.6 Å². The molecule has 0 bridgehead atoms. The first-order valence-corrected chi connectivity index (χ1v) is 9.55. The van der Waals surface area contributed by atoms with Gasteiger partial charge in [-0.25, -0.2) is 8.42 Å². The monoisotopic (exact) mass is 358 g/mol. The van der Waals surface area contributed by atoms with E-state index in [4.69, 9.17) is 0 Å². The van der Waals surface area contributed by atoms with Gasteiger partial charge in [0, 0.05) is 19.3 Å². The zero-order valence-electron chi connectivity index (χ0n) is 13.6. The van der Waals surface area contributed by atoms with Crippen molar-refractivity contribution >= 4 is 21.5 Å². The second kappa shape index (κ2) is 7.31. The van der Waals surface area contributed by atoms with E-state index in [1.807, 2.05) is 30.3 Å². The van der Waals surface area contributed by atoms with Gasteiger partial charge in [-0.3, -0.25) is 0 Å². The lowest BCUT2D eigenvalue weighted by molar-refractivity contribution is 0.602. The van der Waals surface area contributed by atoms with Crippen LogP contribution in [-0.4, -0.2) is 48.0 Å². The van der Waals surface area contributed by atoms with Crippen molar-refractivity contribution in [1.29, 1.82) is 0 Å². The molecule has 0 atom stereocenters. The Kier molecular flexibility index (Phi) is 4.94. The van der Waals surface area contributed by atoms with Crippen molar-refractivity contribution in [3.63, 3.8) is 0 Å². The van der Waals surface area contributed by atoms with E-state index >= 15 is 0 Å². The molecule has 3 rings (SSSR count). The molecule has 0 spiro atoms. The molecular formula is C16H18N6O2S. The van der Waals surface area contributed by atoms with Crippen molar-refractivity contribution in [2.24, 2.45) is 0 Å². The van der Waals surface area contributed by atoms with Crippen molar-refractivity contribution < 1.29 is 8.42 Å². The van der Waals surface area contributed by atoms with Gasteiger partial charge in [-0.05, 0) is 34.7 Å². The Morgan fingerprint density at radius 1 is 0.960 bits per heavy atom. The van der Waals surface area contributed by atoms with Crippen LogP contribution >= 0.6 is 0 Å². The van der Waals surface area contributed by atoms with Gasteiger partial charge in [-0.2, -0.15) is 4.68 Å². The molecule has 0 unspecified atom stereocenters.